The first kappa shape index (κ1) is 14.2. The van der Waals surface area contributed by atoms with E-state index in [1.165, 1.54) is 5.56 Å². The molecule has 2 unspecified atom stereocenters. The summed E-state index contributed by atoms with van der Waals surface area (Å²) in [5.74, 6) is 0.589. The highest BCUT2D eigenvalue weighted by molar-refractivity contribution is 5.80. The quantitative estimate of drug-likeness (QED) is 0.842. The zero-order chi connectivity index (χ0) is 15.1. The summed E-state index contributed by atoms with van der Waals surface area (Å²) in [5, 5.41) is 4.49. The normalized spacial score (nSPS) is 32.4. The first-order valence-electron chi connectivity index (χ1n) is 8.63. The molecule has 3 saturated heterocycles. The molecule has 5 heteroatoms. The van der Waals surface area contributed by atoms with Crippen molar-refractivity contribution in [1.29, 1.82) is 0 Å². The fourth-order valence-corrected chi connectivity index (χ4v) is 4.51. The summed E-state index contributed by atoms with van der Waals surface area (Å²) in [7, 11) is 0. The molecule has 1 amide bonds. The van der Waals surface area contributed by atoms with E-state index in [0.717, 1.165) is 51.7 Å². The van der Waals surface area contributed by atoms with Crippen LogP contribution in [0.25, 0.3) is 0 Å². The number of nitrogens with zero attached hydrogens (tertiary/aromatic N) is 3. The van der Waals surface area contributed by atoms with Crippen molar-refractivity contribution in [2.75, 3.05) is 13.2 Å². The van der Waals surface area contributed by atoms with E-state index < -0.39 is 0 Å². The van der Waals surface area contributed by atoms with Gasteiger partial charge in [-0.05, 0) is 51.0 Å². The maximum Gasteiger partial charge on any atom is 0.226 e. The number of hydrogen-bond donors (Lipinski definition) is 0. The Labute approximate surface area is 131 Å². The lowest BCUT2D eigenvalue weighted by atomic mass is 9.92. The predicted octanol–water partition coefficient (Wildman–Crippen LogP) is 2.31. The standard InChI is InChI=1S/C17H25N3O2/c1-12-10-18-19(11-12)16-8-14-2-3-15(9-16)20(14)17(21)13-4-6-22-7-5-13/h10-11,13-16H,2-9H2,1H3. The van der Waals surface area contributed by atoms with Crippen molar-refractivity contribution in [3.63, 3.8) is 0 Å². The predicted molar refractivity (Wildman–Crippen MR) is 82.4 cm³/mol. The lowest BCUT2D eigenvalue weighted by molar-refractivity contribution is -0.143. The van der Waals surface area contributed by atoms with Crippen molar-refractivity contribution in [2.24, 2.45) is 5.92 Å². The Balaban J connectivity index is 1.47. The molecule has 1 aromatic rings. The monoisotopic (exact) mass is 303 g/mol. The highest BCUT2D eigenvalue weighted by Crippen LogP contribution is 2.42. The van der Waals surface area contributed by atoms with Crippen LogP contribution < -0.4 is 0 Å². The zero-order valence-corrected chi connectivity index (χ0v) is 13.3. The van der Waals surface area contributed by atoms with E-state index in [0.29, 0.717) is 24.0 Å². The Morgan fingerprint density at radius 1 is 1.14 bits per heavy atom. The molecule has 1 aromatic heterocycles. The first-order valence-corrected chi connectivity index (χ1v) is 8.63. The highest BCUT2D eigenvalue weighted by Gasteiger charge is 2.45. The lowest BCUT2D eigenvalue weighted by Gasteiger charge is -2.41. The fraction of sp³-hybridized carbons (Fsp3) is 0.765. The largest absolute Gasteiger partial charge is 0.381 e. The van der Waals surface area contributed by atoms with E-state index in [1.54, 1.807) is 0 Å². The second-order valence-electron chi connectivity index (χ2n) is 7.14. The molecule has 4 rings (SSSR count). The van der Waals surface area contributed by atoms with Gasteiger partial charge in [0.05, 0.1) is 12.2 Å². The Hall–Kier alpha value is -1.36. The van der Waals surface area contributed by atoms with Crippen molar-refractivity contribution in [1.82, 2.24) is 14.7 Å². The van der Waals surface area contributed by atoms with E-state index in [9.17, 15) is 4.79 Å². The molecule has 3 aliphatic heterocycles. The van der Waals surface area contributed by atoms with Gasteiger partial charge >= 0.3 is 0 Å². The van der Waals surface area contributed by atoms with Crippen molar-refractivity contribution in [3.8, 4) is 0 Å². The number of ether oxygens (including phenoxy) is 1. The van der Waals surface area contributed by atoms with Crippen LogP contribution in [0.5, 0.6) is 0 Å². The van der Waals surface area contributed by atoms with E-state index in [1.807, 2.05) is 6.20 Å². The van der Waals surface area contributed by atoms with E-state index in [4.69, 9.17) is 4.74 Å². The molecule has 2 atom stereocenters. The second-order valence-corrected chi connectivity index (χ2v) is 7.14. The number of piperidine rings is 1. The van der Waals surface area contributed by atoms with Gasteiger partial charge in [-0.15, -0.1) is 0 Å². The van der Waals surface area contributed by atoms with Gasteiger partial charge in [-0.2, -0.15) is 5.10 Å². The lowest BCUT2D eigenvalue weighted by Crippen LogP contribution is -2.50. The third-order valence-electron chi connectivity index (χ3n) is 5.64. The van der Waals surface area contributed by atoms with Gasteiger partial charge in [0.2, 0.25) is 5.91 Å². The van der Waals surface area contributed by atoms with Crippen LogP contribution in [0.4, 0.5) is 0 Å². The van der Waals surface area contributed by atoms with E-state index in [2.05, 4.69) is 27.8 Å². The Morgan fingerprint density at radius 2 is 1.82 bits per heavy atom. The van der Waals surface area contributed by atoms with E-state index in [-0.39, 0.29) is 5.92 Å². The van der Waals surface area contributed by atoms with Crippen LogP contribution in [0.2, 0.25) is 0 Å². The van der Waals surface area contributed by atoms with Crippen molar-refractivity contribution in [2.45, 2.75) is 63.6 Å². The van der Waals surface area contributed by atoms with Crippen molar-refractivity contribution in [3.05, 3.63) is 18.0 Å². The topological polar surface area (TPSA) is 47.4 Å². The minimum atomic E-state index is 0.195. The van der Waals surface area contributed by atoms with Crippen molar-refractivity contribution < 1.29 is 9.53 Å². The molecule has 5 nitrogen and oxygen atoms in total. The summed E-state index contributed by atoms with van der Waals surface area (Å²) in [4.78, 5) is 15.1. The fourth-order valence-electron chi connectivity index (χ4n) is 4.51. The molecule has 0 radical (unpaired) electrons. The zero-order valence-electron chi connectivity index (χ0n) is 13.3. The molecule has 0 spiro atoms. The summed E-state index contributed by atoms with van der Waals surface area (Å²) in [5.41, 5.74) is 1.22. The van der Waals surface area contributed by atoms with Crippen LogP contribution in [0.1, 0.15) is 50.1 Å². The van der Waals surface area contributed by atoms with Crippen LogP contribution in [0.15, 0.2) is 12.4 Å². The maximum absolute atomic E-state index is 12.9. The molecule has 22 heavy (non-hydrogen) atoms. The number of aryl methyl sites for hydroxylation is 1. The van der Waals surface area contributed by atoms with Crippen LogP contribution >= 0.6 is 0 Å². The van der Waals surface area contributed by atoms with Gasteiger partial charge in [-0.3, -0.25) is 9.48 Å². The molecule has 120 valence electrons. The SMILES string of the molecule is Cc1cnn(C2CC3CCC(C2)N3C(=O)C2CCOCC2)c1. The Kier molecular flexibility index (Phi) is 3.68. The summed E-state index contributed by atoms with van der Waals surface area (Å²) < 4.78 is 7.52. The Bertz CT molecular complexity index is 536. The molecule has 0 saturated carbocycles. The third kappa shape index (κ3) is 2.45. The summed E-state index contributed by atoms with van der Waals surface area (Å²) in [6, 6.07) is 1.30. The van der Waals surface area contributed by atoms with Gasteiger partial charge < -0.3 is 9.64 Å². The first-order chi connectivity index (χ1) is 10.7. The maximum atomic E-state index is 12.9. The molecule has 2 bridgehead atoms. The number of carbonyl (C=O) groups excluding carboxylic acids is 1. The highest BCUT2D eigenvalue weighted by atomic mass is 16.5. The van der Waals surface area contributed by atoms with Gasteiger partial charge in [0.15, 0.2) is 0 Å². The summed E-state index contributed by atoms with van der Waals surface area (Å²) in [6.07, 6.45) is 10.3. The van der Waals surface area contributed by atoms with Gasteiger partial charge in [-0.1, -0.05) is 0 Å². The number of rotatable bonds is 2. The van der Waals surface area contributed by atoms with Crippen molar-refractivity contribution >= 4 is 5.91 Å². The van der Waals surface area contributed by atoms with Gasteiger partial charge in [0.25, 0.3) is 0 Å². The van der Waals surface area contributed by atoms with Gasteiger partial charge in [0, 0.05) is 37.4 Å². The average Bonchev–Trinajstić information content (AvgIpc) is 3.09. The Morgan fingerprint density at radius 3 is 2.41 bits per heavy atom. The molecular formula is C17H25N3O2. The molecule has 0 N–H and O–H groups in total. The number of hydrogen-bond acceptors (Lipinski definition) is 3. The van der Waals surface area contributed by atoms with Gasteiger partial charge in [-0.25, -0.2) is 0 Å². The van der Waals surface area contributed by atoms with Gasteiger partial charge in [0.1, 0.15) is 0 Å². The minimum absolute atomic E-state index is 0.195. The minimum Gasteiger partial charge on any atom is -0.381 e. The second kappa shape index (κ2) is 5.69. The molecular weight excluding hydrogens is 278 g/mol. The molecule has 0 aromatic carbocycles. The molecule has 0 aliphatic carbocycles. The molecule has 3 aliphatic rings. The van der Waals surface area contributed by atoms with Crippen LogP contribution in [-0.4, -0.2) is 45.9 Å². The van der Waals surface area contributed by atoms with Crippen LogP contribution in [0, 0.1) is 12.8 Å². The van der Waals surface area contributed by atoms with E-state index >= 15 is 0 Å². The van der Waals surface area contributed by atoms with Crippen LogP contribution in [-0.2, 0) is 9.53 Å². The average molecular weight is 303 g/mol. The number of aromatic nitrogens is 2. The summed E-state index contributed by atoms with van der Waals surface area (Å²) in [6.45, 7) is 3.57. The molecule has 3 fully saturated rings. The smallest absolute Gasteiger partial charge is 0.226 e. The third-order valence-corrected chi connectivity index (χ3v) is 5.64. The van der Waals surface area contributed by atoms with Crippen LogP contribution in [0.3, 0.4) is 0 Å². The number of amides is 1. The molecule has 4 heterocycles. The number of fused-ring (bicyclic) bond motifs is 2. The summed E-state index contributed by atoms with van der Waals surface area (Å²) >= 11 is 0. The number of carbonyl (C=O) groups is 1.